The van der Waals surface area contributed by atoms with Crippen molar-refractivity contribution in [2.24, 2.45) is 0 Å². The fourth-order valence-corrected chi connectivity index (χ4v) is 1.92. The Morgan fingerprint density at radius 1 is 1.37 bits per heavy atom. The molecule has 1 heterocycles. The van der Waals surface area contributed by atoms with Crippen LogP contribution < -0.4 is 4.74 Å². The van der Waals surface area contributed by atoms with Crippen molar-refractivity contribution in [2.45, 2.75) is 6.92 Å². The standard InChI is InChI=1S/C13H10BrFO4/c1-2-17-13(16)19-11-7-10(14)12(18-11)8-3-5-9(15)6-4-8/h3-7H,2H2,1H3. The summed E-state index contributed by atoms with van der Waals surface area (Å²) in [6.07, 6.45) is -0.839. The maximum atomic E-state index is 12.8. The van der Waals surface area contributed by atoms with E-state index in [-0.39, 0.29) is 18.4 Å². The highest BCUT2D eigenvalue weighted by Crippen LogP contribution is 2.35. The van der Waals surface area contributed by atoms with Gasteiger partial charge in [-0.05, 0) is 47.1 Å². The lowest BCUT2D eigenvalue weighted by atomic mass is 10.2. The monoisotopic (exact) mass is 328 g/mol. The van der Waals surface area contributed by atoms with Gasteiger partial charge in [-0.25, -0.2) is 9.18 Å². The van der Waals surface area contributed by atoms with Gasteiger partial charge in [0.15, 0.2) is 5.76 Å². The van der Waals surface area contributed by atoms with E-state index < -0.39 is 6.16 Å². The van der Waals surface area contributed by atoms with Crippen LogP contribution in [0.3, 0.4) is 0 Å². The van der Waals surface area contributed by atoms with Gasteiger partial charge in [0.05, 0.1) is 11.1 Å². The molecule has 19 heavy (non-hydrogen) atoms. The van der Waals surface area contributed by atoms with Crippen LogP contribution in [0.15, 0.2) is 39.2 Å². The third-order valence-corrected chi connectivity index (χ3v) is 2.81. The molecule has 4 nitrogen and oxygen atoms in total. The van der Waals surface area contributed by atoms with Gasteiger partial charge in [-0.3, -0.25) is 0 Å². The number of rotatable bonds is 3. The summed E-state index contributed by atoms with van der Waals surface area (Å²) in [7, 11) is 0. The Balaban J connectivity index is 2.21. The zero-order valence-corrected chi connectivity index (χ0v) is 11.6. The second kappa shape index (κ2) is 5.88. The summed E-state index contributed by atoms with van der Waals surface area (Å²) in [5.74, 6) is 0.110. The van der Waals surface area contributed by atoms with Gasteiger partial charge in [0, 0.05) is 11.6 Å². The molecule has 0 saturated carbocycles. The summed E-state index contributed by atoms with van der Waals surface area (Å²) < 4.78 is 28.3. The van der Waals surface area contributed by atoms with Gasteiger partial charge in [0.25, 0.3) is 5.95 Å². The Kier molecular flexibility index (Phi) is 4.21. The lowest BCUT2D eigenvalue weighted by molar-refractivity contribution is 0.0952. The summed E-state index contributed by atoms with van der Waals surface area (Å²) >= 11 is 3.28. The first-order valence-corrected chi connectivity index (χ1v) is 6.29. The fourth-order valence-electron chi connectivity index (χ4n) is 1.43. The summed E-state index contributed by atoms with van der Waals surface area (Å²) in [6, 6.07) is 7.25. The molecule has 0 amide bonds. The number of halogens is 2. The average Bonchev–Trinajstić information content (AvgIpc) is 2.71. The van der Waals surface area contributed by atoms with Crippen LogP contribution in [0.25, 0.3) is 11.3 Å². The van der Waals surface area contributed by atoms with Crippen molar-refractivity contribution in [1.29, 1.82) is 0 Å². The van der Waals surface area contributed by atoms with Gasteiger partial charge in [0.2, 0.25) is 0 Å². The molecule has 0 aliphatic carbocycles. The van der Waals surface area contributed by atoms with Crippen molar-refractivity contribution in [2.75, 3.05) is 6.61 Å². The zero-order valence-electron chi connectivity index (χ0n) is 9.98. The van der Waals surface area contributed by atoms with Crippen LogP contribution in [-0.2, 0) is 4.74 Å². The molecular formula is C13H10BrFO4. The highest BCUT2D eigenvalue weighted by atomic mass is 79.9. The van der Waals surface area contributed by atoms with Crippen molar-refractivity contribution < 1.29 is 23.1 Å². The zero-order chi connectivity index (χ0) is 13.8. The average molecular weight is 329 g/mol. The molecule has 0 spiro atoms. The van der Waals surface area contributed by atoms with E-state index in [1.807, 2.05) is 0 Å². The lowest BCUT2D eigenvalue weighted by Gasteiger charge is -2.00. The maximum absolute atomic E-state index is 12.8. The minimum atomic E-state index is -0.839. The third kappa shape index (κ3) is 3.35. The van der Waals surface area contributed by atoms with E-state index in [9.17, 15) is 9.18 Å². The van der Waals surface area contributed by atoms with E-state index in [1.165, 1.54) is 18.2 Å². The minimum Gasteiger partial charge on any atom is -0.434 e. The molecule has 100 valence electrons. The van der Waals surface area contributed by atoms with E-state index in [4.69, 9.17) is 9.15 Å². The second-order valence-electron chi connectivity index (χ2n) is 3.53. The molecule has 0 radical (unpaired) electrons. The number of benzene rings is 1. The normalized spacial score (nSPS) is 10.3. The second-order valence-corrected chi connectivity index (χ2v) is 4.39. The summed E-state index contributed by atoms with van der Waals surface area (Å²) in [4.78, 5) is 11.1. The maximum Gasteiger partial charge on any atom is 0.516 e. The van der Waals surface area contributed by atoms with E-state index in [1.54, 1.807) is 19.1 Å². The van der Waals surface area contributed by atoms with Crippen LogP contribution in [0.1, 0.15) is 6.92 Å². The number of carbonyl (C=O) groups is 1. The SMILES string of the molecule is CCOC(=O)Oc1cc(Br)c(-c2ccc(F)cc2)o1. The Bertz CT molecular complexity index is 577. The van der Waals surface area contributed by atoms with Crippen molar-refractivity contribution in [1.82, 2.24) is 0 Å². The van der Waals surface area contributed by atoms with Crippen LogP contribution >= 0.6 is 15.9 Å². The van der Waals surface area contributed by atoms with Crippen molar-refractivity contribution in [3.63, 3.8) is 0 Å². The first kappa shape index (κ1) is 13.6. The quantitative estimate of drug-likeness (QED) is 0.784. The number of hydrogen-bond donors (Lipinski definition) is 0. The topological polar surface area (TPSA) is 48.7 Å². The Morgan fingerprint density at radius 2 is 2.05 bits per heavy atom. The van der Waals surface area contributed by atoms with Gasteiger partial charge in [-0.1, -0.05) is 0 Å². The van der Waals surface area contributed by atoms with Crippen LogP contribution in [0.5, 0.6) is 5.95 Å². The van der Waals surface area contributed by atoms with Crippen LogP contribution in [0, 0.1) is 5.82 Å². The van der Waals surface area contributed by atoms with Gasteiger partial charge in [0.1, 0.15) is 5.82 Å². The minimum absolute atomic E-state index is 0.00431. The summed E-state index contributed by atoms with van der Waals surface area (Å²) in [5.41, 5.74) is 0.659. The molecule has 0 fully saturated rings. The number of hydrogen-bond acceptors (Lipinski definition) is 4. The number of carbonyl (C=O) groups excluding carboxylic acids is 1. The number of ether oxygens (including phenoxy) is 2. The van der Waals surface area contributed by atoms with Crippen LogP contribution in [0.4, 0.5) is 9.18 Å². The molecule has 0 bridgehead atoms. The van der Waals surface area contributed by atoms with Gasteiger partial charge in [-0.15, -0.1) is 0 Å². The molecular weight excluding hydrogens is 319 g/mol. The predicted octanol–water partition coefficient (Wildman–Crippen LogP) is 4.38. The van der Waals surface area contributed by atoms with Crippen molar-refractivity contribution in [3.05, 3.63) is 40.6 Å². The number of furan rings is 1. The lowest BCUT2D eigenvalue weighted by Crippen LogP contribution is -2.09. The Hall–Kier alpha value is -1.82. The van der Waals surface area contributed by atoms with Crippen molar-refractivity contribution in [3.8, 4) is 17.3 Å². The Morgan fingerprint density at radius 3 is 2.68 bits per heavy atom. The van der Waals surface area contributed by atoms with E-state index in [0.29, 0.717) is 15.8 Å². The predicted molar refractivity (Wildman–Crippen MR) is 69.5 cm³/mol. The molecule has 0 aliphatic rings. The molecule has 0 N–H and O–H groups in total. The third-order valence-electron chi connectivity index (χ3n) is 2.22. The van der Waals surface area contributed by atoms with E-state index in [0.717, 1.165) is 0 Å². The molecule has 1 aromatic carbocycles. The first-order valence-electron chi connectivity index (χ1n) is 5.50. The molecule has 0 aliphatic heterocycles. The summed E-state index contributed by atoms with van der Waals surface area (Å²) in [6.45, 7) is 1.88. The largest absolute Gasteiger partial charge is 0.516 e. The van der Waals surface area contributed by atoms with E-state index in [2.05, 4.69) is 20.7 Å². The van der Waals surface area contributed by atoms with Gasteiger partial charge < -0.3 is 13.9 Å². The Labute approximate surface area is 117 Å². The first-order chi connectivity index (χ1) is 9.10. The highest BCUT2D eigenvalue weighted by Gasteiger charge is 2.15. The molecule has 6 heteroatoms. The van der Waals surface area contributed by atoms with Gasteiger partial charge >= 0.3 is 6.16 Å². The molecule has 0 saturated heterocycles. The van der Waals surface area contributed by atoms with Crippen molar-refractivity contribution >= 4 is 22.1 Å². The molecule has 2 aromatic rings. The molecule has 0 unspecified atom stereocenters. The fraction of sp³-hybridized carbons (Fsp3) is 0.154. The smallest absolute Gasteiger partial charge is 0.434 e. The highest BCUT2D eigenvalue weighted by molar-refractivity contribution is 9.10. The molecule has 1 aromatic heterocycles. The van der Waals surface area contributed by atoms with Crippen LogP contribution in [0.2, 0.25) is 0 Å². The summed E-state index contributed by atoms with van der Waals surface area (Å²) in [5, 5.41) is 0. The molecule has 2 rings (SSSR count). The van der Waals surface area contributed by atoms with E-state index >= 15 is 0 Å². The van der Waals surface area contributed by atoms with Gasteiger partial charge in [-0.2, -0.15) is 0 Å². The van der Waals surface area contributed by atoms with Crippen LogP contribution in [-0.4, -0.2) is 12.8 Å². The molecule has 0 atom stereocenters.